The molecule has 0 saturated heterocycles. The number of unbranched alkanes of at least 4 members (excludes halogenated alkanes) is 1. The normalized spacial score (nSPS) is 17.1. The van der Waals surface area contributed by atoms with Crippen LogP contribution >= 0.6 is 0 Å². The summed E-state index contributed by atoms with van der Waals surface area (Å²) >= 11 is 4.50. The maximum atomic E-state index is 10.7. The van der Waals surface area contributed by atoms with Crippen molar-refractivity contribution in [1.29, 1.82) is 0 Å². The molecule has 1 unspecified atom stereocenters. The molecule has 0 rings (SSSR count). The van der Waals surface area contributed by atoms with Crippen LogP contribution in [0, 0.1) is 0 Å². The second-order valence-corrected chi connectivity index (χ2v) is 5.34. The molecule has 56 valence electrons. The number of rotatable bonds is 4. The van der Waals surface area contributed by atoms with E-state index in [1.807, 2.05) is 6.92 Å². The van der Waals surface area contributed by atoms with E-state index < -0.39 is 8.77 Å². The first-order valence-electron chi connectivity index (χ1n) is 2.90. The number of hydrogen-bond acceptors (Lipinski definition) is 3. The Morgan fingerprint density at radius 2 is 2.22 bits per heavy atom. The molecule has 0 amide bonds. The van der Waals surface area contributed by atoms with Gasteiger partial charge in [-0.15, -0.1) is 0 Å². The van der Waals surface area contributed by atoms with Crippen LogP contribution in [0.25, 0.3) is 0 Å². The summed E-state index contributed by atoms with van der Waals surface area (Å²) < 4.78 is 15.5. The van der Waals surface area contributed by atoms with Gasteiger partial charge in [0.25, 0.3) is 0 Å². The van der Waals surface area contributed by atoms with E-state index in [2.05, 4.69) is 11.2 Å². The van der Waals surface area contributed by atoms with Gasteiger partial charge in [-0.25, -0.2) is 4.21 Å². The molecule has 2 nitrogen and oxygen atoms in total. The molecule has 0 aromatic heterocycles. The monoisotopic (exact) mass is 168 g/mol. The maximum absolute atomic E-state index is 10.7. The van der Waals surface area contributed by atoms with Gasteiger partial charge in [0.1, 0.15) is 8.77 Å². The highest BCUT2D eigenvalue weighted by molar-refractivity contribution is 8.29. The van der Waals surface area contributed by atoms with Crippen molar-refractivity contribution in [2.45, 2.75) is 19.8 Å². The van der Waals surface area contributed by atoms with Crippen molar-refractivity contribution in [3.63, 3.8) is 0 Å². The zero-order chi connectivity index (χ0) is 7.33. The van der Waals surface area contributed by atoms with Crippen LogP contribution in [-0.2, 0) is 24.1 Å². The lowest BCUT2D eigenvalue weighted by atomic mass is 10.4. The zero-order valence-corrected chi connectivity index (χ0v) is 7.39. The SMILES string of the molecule is CCCCOS(C)(=O)=S. The molecule has 0 radical (unpaired) electrons. The molecule has 0 aliphatic heterocycles. The summed E-state index contributed by atoms with van der Waals surface area (Å²) in [6.07, 6.45) is 3.41. The quantitative estimate of drug-likeness (QED) is 0.588. The second-order valence-electron chi connectivity index (χ2n) is 1.88. The van der Waals surface area contributed by atoms with E-state index in [0.717, 1.165) is 12.8 Å². The first kappa shape index (κ1) is 9.33. The highest BCUT2D eigenvalue weighted by Crippen LogP contribution is 1.92. The van der Waals surface area contributed by atoms with Gasteiger partial charge in [-0.05, 0) is 6.42 Å². The fourth-order valence-corrected chi connectivity index (χ4v) is 0.979. The molecule has 1 atom stereocenters. The average Bonchev–Trinajstić information content (AvgIpc) is 1.63. The van der Waals surface area contributed by atoms with Crippen molar-refractivity contribution in [3.05, 3.63) is 0 Å². The summed E-state index contributed by atoms with van der Waals surface area (Å²) in [6.45, 7) is 2.57. The minimum Gasteiger partial charge on any atom is -0.290 e. The van der Waals surface area contributed by atoms with Crippen molar-refractivity contribution in [2.75, 3.05) is 12.9 Å². The lowest BCUT2D eigenvalue weighted by molar-refractivity contribution is 0.339. The minimum atomic E-state index is -2.36. The van der Waals surface area contributed by atoms with Crippen molar-refractivity contribution < 1.29 is 8.39 Å². The van der Waals surface area contributed by atoms with Crippen LogP contribution in [0.15, 0.2) is 0 Å². The highest BCUT2D eigenvalue weighted by atomic mass is 32.8. The Morgan fingerprint density at radius 3 is 2.56 bits per heavy atom. The highest BCUT2D eigenvalue weighted by Gasteiger charge is 1.93. The van der Waals surface area contributed by atoms with Crippen LogP contribution in [0.5, 0.6) is 0 Å². The molecule has 4 heteroatoms. The standard InChI is InChI=1S/C5H12O2S2/c1-3-4-5-7-9(2,6)8/h3-5H2,1-2H3. The van der Waals surface area contributed by atoms with E-state index in [4.69, 9.17) is 4.18 Å². The van der Waals surface area contributed by atoms with E-state index in [0.29, 0.717) is 6.61 Å². The summed E-state index contributed by atoms with van der Waals surface area (Å²) in [5, 5.41) is 0. The van der Waals surface area contributed by atoms with Crippen LogP contribution < -0.4 is 0 Å². The average molecular weight is 168 g/mol. The minimum absolute atomic E-state index is 0.523. The lowest BCUT2D eigenvalue weighted by Crippen LogP contribution is -2.01. The van der Waals surface area contributed by atoms with Gasteiger partial charge in [-0.1, -0.05) is 13.3 Å². The Kier molecular flexibility index (Phi) is 4.35. The Hall–Kier alpha value is 0.330. The molecule has 9 heavy (non-hydrogen) atoms. The molecule has 0 saturated carbocycles. The third-order valence-corrected chi connectivity index (χ3v) is 1.68. The molecule has 0 aromatic carbocycles. The first-order chi connectivity index (χ1) is 4.06. The van der Waals surface area contributed by atoms with E-state index >= 15 is 0 Å². The molecule has 0 heterocycles. The van der Waals surface area contributed by atoms with E-state index in [-0.39, 0.29) is 0 Å². The lowest BCUT2D eigenvalue weighted by Gasteiger charge is -1.99. The zero-order valence-electron chi connectivity index (χ0n) is 5.75. The molecular weight excluding hydrogens is 156 g/mol. The summed E-state index contributed by atoms with van der Waals surface area (Å²) in [5.74, 6) is 0. The van der Waals surface area contributed by atoms with Crippen molar-refractivity contribution in [3.8, 4) is 0 Å². The molecule has 0 aromatic rings. The number of hydrogen-bond donors (Lipinski definition) is 0. The summed E-state index contributed by atoms with van der Waals surface area (Å²) in [4.78, 5) is 0. The summed E-state index contributed by atoms with van der Waals surface area (Å²) in [5.41, 5.74) is 0. The molecule has 0 bridgehead atoms. The Balaban J connectivity index is 3.30. The third kappa shape index (κ3) is 8.33. The fourth-order valence-electron chi connectivity index (χ4n) is 0.355. The smallest absolute Gasteiger partial charge is 0.141 e. The fraction of sp³-hybridized carbons (Fsp3) is 1.00. The molecule has 0 aliphatic rings. The second kappa shape index (κ2) is 4.19. The van der Waals surface area contributed by atoms with Gasteiger partial charge in [-0.2, -0.15) is 0 Å². The van der Waals surface area contributed by atoms with Crippen LogP contribution in [0.3, 0.4) is 0 Å². The predicted molar refractivity (Wildman–Crippen MR) is 42.3 cm³/mol. The van der Waals surface area contributed by atoms with E-state index in [1.54, 1.807) is 0 Å². The summed E-state index contributed by atoms with van der Waals surface area (Å²) in [7, 11) is -2.36. The van der Waals surface area contributed by atoms with E-state index in [9.17, 15) is 4.21 Å². The molecule has 0 spiro atoms. The maximum Gasteiger partial charge on any atom is 0.141 e. The van der Waals surface area contributed by atoms with Gasteiger partial charge in [0.2, 0.25) is 0 Å². The van der Waals surface area contributed by atoms with Gasteiger partial charge in [0.05, 0.1) is 6.61 Å². The van der Waals surface area contributed by atoms with Crippen LogP contribution in [0.2, 0.25) is 0 Å². The Bertz CT molecular complexity index is 148. The largest absolute Gasteiger partial charge is 0.290 e. The van der Waals surface area contributed by atoms with Gasteiger partial charge in [0, 0.05) is 17.4 Å². The molecular formula is C5H12O2S2. The molecule has 0 aliphatic carbocycles. The summed E-state index contributed by atoms with van der Waals surface area (Å²) in [6, 6.07) is 0. The van der Waals surface area contributed by atoms with Gasteiger partial charge in [0.15, 0.2) is 0 Å². The van der Waals surface area contributed by atoms with Gasteiger partial charge in [-0.3, -0.25) is 4.18 Å². The van der Waals surface area contributed by atoms with Gasteiger partial charge < -0.3 is 0 Å². The Morgan fingerprint density at radius 1 is 1.67 bits per heavy atom. The van der Waals surface area contributed by atoms with E-state index in [1.165, 1.54) is 6.26 Å². The third-order valence-electron chi connectivity index (χ3n) is 0.795. The topological polar surface area (TPSA) is 26.3 Å². The van der Waals surface area contributed by atoms with Crippen LogP contribution in [0.4, 0.5) is 0 Å². The van der Waals surface area contributed by atoms with Gasteiger partial charge >= 0.3 is 0 Å². The molecule has 0 N–H and O–H groups in total. The first-order valence-corrected chi connectivity index (χ1v) is 5.72. The van der Waals surface area contributed by atoms with Crippen molar-refractivity contribution >= 4 is 20.0 Å². The van der Waals surface area contributed by atoms with Crippen LogP contribution in [-0.4, -0.2) is 17.1 Å². The molecule has 0 fully saturated rings. The van der Waals surface area contributed by atoms with Crippen molar-refractivity contribution in [1.82, 2.24) is 0 Å². The van der Waals surface area contributed by atoms with Crippen molar-refractivity contribution in [2.24, 2.45) is 0 Å². The van der Waals surface area contributed by atoms with Crippen LogP contribution in [0.1, 0.15) is 19.8 Å². The Labute approximate surface area is 61.5 Å². The predicted octanol–water partition coefficient (Wildman–Crippen LogP) is 1.09.